The van der Waals surface area contributed by atoms with Gasteiger partial charge in [0.25, 0.3) is 0 Å². The normalized spacial score (nSPS) is 17.2. The minimum Gasteiger partial charge on any atom is -0.339 e. The quantitative estimate of drug-likeness (QED) is 0.702. The van der Waals surface area contributed by atoms with E-state index in [0.717, 1.165) is 37.1 Å². The van der Waals surface area contributed by atoms with Crippen molar-refractivity contribution in [1.29, 1.82) is 0 Å². The van der Waals surface area contributed by atoms with Crippen LogP contribution >= 0.6 is 23.2 Å². The standard InChI is InChI=1S/C22H25Cl2FN2O/c1-15(16-10-18(23)13-19(24)11-16)27(2)21(28)14-22(6-8-26-9-7-22)17-4-3-5-20(25)12-17/h3-5,10-13,15,26H,6-9,14H2,1-2H3. The van der Waals surface area contributed by atoms with E-state index in [0.29, 0.717) is 16.5 Å². The van der Waals surface area contributed by atoms with Crippen molar-refractivity contribution in [2.45, 2.75) is 37.6 Å². The number of carbonyl (C=O) groups excluding carboxylic acids is 1. The van der Waals surface area contributed by atoms with Gasteiger partial charge in [-0.1, -0.05) is 35.3 Å². The molecular formula is C22H25Cl2FN2O. The van der Waals surface area contributed by atoms with Crippen LogP contribution in [0.1, 0.15) is 43.4 Å². The van der Waals surface area contributed by atoms with Crippen molar-refractivity contribution in [3.63, 3.8) is 0 Å². The summed E-state index contributed by atoms with van der Waals surface area (Å²) in [6.45, 7) is 3.58. The van der Waals surface area contributed by atoms with Crippen LogP contribution in [0.5, 0.6) is 0 Å². The van der Waals surface area contributed by atoms with E-state index in [9.17, 15) is 9.18 Å². The summed E-state index contributed by atoms with van der Waals surface area (Å²) in [6, 6.07) is 11.8. The highest BCUT2D eigenvalue weighted by Gasteiger charge is 2.37. The highest BCUT2D eigenvalue weighted by Crippen LogP contribution is 2.38. The SMILES string of the molecule is CC(c1cc(Cl)cc(Cl)c1)N(C)C(=O)CC1(c2cccc(F)c2)CCNCC1. The Kier molecular flexibility index (Phi) is 6.64. The second-order valence-electron chi connectivity index (χ2n) is 7.60. The van der Waals surface area contributed by atoms with E-state index in [1.807, 2.05) is 25.1 Å². The molecule has 1 fully saturated rings. The van der Waals surface area contributed by atoms with Crippen LogP contribution in [0.25, 0.3) is 0 Å². The van der Waals surface area contributed by atoms with E-state index >= 15 is 0 Å². The Hall–Kier alpha value is -1.62. The van der Waals surface area contributed by atoms with E-state index in [1.54, 1.807) is 30.1 Å². The number of halogens is 3. The molecule has 1 heterocycles. The summed E-state index contributed by atoms with van der Waals surface area (Å²) in [7, 11) is 1.79. The molecule has 0 bridgehead atoms. The van der Waals surface area contributed by atoms with Crippen molar-refractivity contribution >= 4 is 29.1 Å². The molecule has 2 aromatic rings. The zero-order valence-corrected chi connectivity index (χ0v) is 17.7. The molecule has 0 spiro atoms. The smallest absolute Gasteiger partial charge is 0.223 e. The Labute approximate surface area is 175 Å². The van der Waals surface area contributed by atoms with Crippen molar-refractivity contribution in [2.24, 2.45) is 0 Å². The van der Waals surface area contributed by atoms with Gasteiger partial charge in [0, 0.05) is 28.9 Å². The Morgan fingerprint density at radius 1 is 1.18 bits per heavy atom. The minimum atomic E-state index is -0.357. The lowest BCUT2D eigenvalue weighted by Gasteiger charge is -2.39. The number of rotatable bonds is 5. The lowest BCUT2D eigenvalue weighted by Crippen LogP contribution is -2.44. The molecule has 3 rings (SSSR count). The van der Waals surface area contributed by atoms with Gasteiger partial charge in [-0.2, -0.15) is 0 Å². The molecule has 1 N–H and O–H groups in total. The third kappa shape index (κ3) is 4.68. The molecule has 0 aromatic heterocycles. The van der Waals surface area contributed by atoms with Gasteiger partial charge < -0.3 is 10.2 Å². The fourth-order valence-corrected chi connectivity index (χ4v) is 4.50. The van der Waals surface area contributed by atoms with Crippen LogP contribution in [0, 0.1) is 5.82 Å². The van der Waals surface area contributed by atoms with Gasteiger partial charge in [-0.05, 0) is 74.3 Å². The van der Waals surface area contributed by atoms with Crippen molar-refractivity contribution in [1.82, 2.24) is 10.2 Å². The average Bonchev–Trinajstić information content (AvgIpc) is 2.66. The highest BCUT2D eigenvalue weighted by atomic mass is 35.5. The zero-order valence-electron chi connectivity index (χ0n) is 16.1. The van der Waals surface area contributed by atoms with Crippen LogP contribution in [0.2, 0.25) is 10.0 Å². The zero-order chi connectivity index (χ0) is 20.3. The molecule has 0 aliphatic carbocycles. The molecule has 150 valence electrons. The summed E-state index contributed by atoms with van der Waals surface area (Å²) in [5.74, 6) is -0.243. The predicted octanol–water partition coefficient (Wildman–Crippen LogP) is 5.36. The Morgan fingerprint density at radius 3 is 2.43 bits per heavy atom. The van der Waals surface area contributed by atoms with Gasteiger partial charge in [0.2, 0.25) is 5.91 Å². The minimum absolute atomic E-state index is 0.0229. The second kappa shape index (κ2) is 8.81. The fourth-order valence-electron chi connectivity index (χ4n) is 3.96. The van der Waals surface area contributed by atoms with Crippen molar-refractivity contribution < 1.29 is 9.18 Å². The molecule has 2 aromatic carbocycles. The molecule has 1 aliphatic rings. The van der Waals surface area contributed by atoms with Crippen molar-refractivity contribution in [2.75, 3.05) is 20.1 Å². The summed E-state index contributed by atoms with van der Waals surface area (Å²) in [6.07, 6.45) is 1.94. The molecule has 1 atom stereocenters. The topological polar surface area (TPSA) is 32.3 Å². The van der Waals surface area contributed by atoms with Gasteiger partial charge in [-0.3, -0.25) is 4.79 Å². The predicted molar refractivity (Wildman–Crippen MR) is 112 cm³/mol. The average molecular weight is 423 g/mol. The van der Waals surface area contributed by atoms with Gasteiger partial charge in [-0.15, -0.1) is 0 Å². The summed E-state index contributed by atoms with van der Waals surface area (Å²) in [5.41, 5.74) is 1.43. The molecular weight excluding hydrogens is 398 g/mol. The lowest BCUT2D eigenvalue weighted by molar-refractivity contribution is -0.133. The van der Waals surface area contributed by atoms with Crippen LogP contribution in [0.4, 0.5) is 4.39 Å². The number of amides is 1. The van der Waals surface area contributed by atoms with Crippen LogP contribution in [0.15, 0.2) is 42.5 Å². The number of nitrogens with one attached hydrogen (secondary N) is 1. The van der Waals surface area contributed by atoms with Gasteiger partial charge >= 0.3 is 0 Å². The number of benzene rings is 2. The third-order valence-corrected chi connectivity index (χ3v) is 6.27. The first-order valence-corrected chi connectivity index (χ1v) is 10.2. The lowest BCUT2D eigenvalue weighted by atomic mass is 9.70. The van der Waals surface area contributed by atoms with E-state index in [4.69, 9.17) is 23.2 Å². The summed E-state index contributed by atoms with van der Waals surface area (Å²) in [4.78, 5) is 14.9. The van der Waals surface area contributed by atoms with Crippen LogP contribution in [-0.2, 0) is 10.2 Å². The van der Waals surface area contributed by atoms with Crippen LogP contribution in [0.3, 0.4) is 0 Å². The number of hydrogen-bond acceptors (Lipinski definition) is 2. The van der Waals surface area contributed by atoms with Crippen LogP contribution in [-0.4, -0.2) is 30.9 Å². The van der Waals surface area contributed by atoms with Gasteiger partial charge in [0.1, 0.15) is 5.82 Å². The Morgan fingerprint density at radius 2 is 1.82 bits per heavy atom. The maximum absolute atomic E-state index is 13.9. The molecule has 1 aliphatic heterocycles. The van der Waals surface area contributed by atoms with Gasteiger partial charge in [0.15, 0.2) is 0 Å². The maximum atomic E-state index is 13.9. The first-order valence-electron chi connectivity index (χ1n) is 9.49. The van der Waals surface area contributed by atoms with Crippen LogP contribution < -0.4 is 5.32 Å². The highest BCUT2D eigenvalue weighted by molar-refractivity contribution is 6.34. The largest absolute Gasteiger partial charge is 0.339 e. The van der Waals surface area contributed by atoms with Crippen molar-refractivity contribution in [3.05, 3.63) is 69.5 Å². The summed E-state index contributed by atoms with van der Waals surface area (Å²) >= 11 is 12.2. The van der Waals surface area contributed by atoms with E-state index < -0.39 is 0 Å². The molecule has 1 unspecified atom stereocenters. The molecule has 28 heavy (non-hydrogen) atoms. The Bertz CT molecular complexity index is 832. The second-order valence-corrected chi connectivity index (χ2v) is 8.47. The molecule has 0 radical (unpaired) electrons. The Balaban J connectivity index is 1.83. The van der Waals surface area contributed by atoms with Gasteiger partial charge in [-0.25, -0.2) is 4.39 Å². The molecule has 6 heteroatoms. The van der Waals surface area contributed by atoms with E-state index in [2.05, 4.69) is 5.32 Å². The first-order chi connectivity index (χ1) is 13.3. The van der Waals surface area contributed by atoms with E-state index in [1.165, 1.54) is 6.07 Å². The number of carbonyl (C=O) groups is 1. The van der Waals surface area contributed by atoms with Crippen molar-refractivity contribution in [3.8, 4) is 0 Å². The summed E-state index contributed by atoms with van der Waals surface area (Å²) in [5, 5.41) is 4.43. The fraction of sp³-hybridized carbons (Fsp3) is 0.409. The summed E-state index contributed by atoms with van der Waals surface area (Å²) < 4.78 is 13.9. The molecule has 1 saturated heterocycles. The first kappa shape index (κ1) is 21.1. The monoisotopic (exact) mass is 422 g/mol. The molecule has 3 nitrogen and oxygen atoms in total. The van der Waals surface area contributed by atoms with Gasteiger partial charge in [0.05, 0.1) is 6.04 Å². The molecule has 0 saturated carbocycles. The van der Waals surface area contributed by atoms with E-state index in [-0.39, 0.29) is 23.2 Å². The third-order valence-electron chi connectivity index (χ3n) is 5.83. The maximum Gasteiger partial charge on any atom is 0.223 e. The molecule has 1 amide bonds. The number of piperidine rings is 1. The number of hydrogen-bond donors (Lipinski definition) is 1. The number of nitrogens with zero attached hydrogens (tertiary/aromatic N) is 1.